The third-order valence-corrected chi connectivity index (χ3v) is 4.72. The number of aromatic amines is 1. The van der Waals surface area contributed by atoms with Crippen molar-refractivity contribution in [3.8, 4) is 0 Å². The molecule has 2 aromatic heterocycles. The van der Waals surface area contributed by atoms with Gasteiger partial charge in [0, 0.05) is 5.39 Å². The molecule has 1 aromatic carbocycles. The van der Waals surface area contributed by atoms with Gasteiger partial charge in [0.1, 0.15) is 24.0 Å². The summed E-state index contributed by atoms with van der Waals surface area (Å²) < 4.78 is 1.03. The van der Waals surface area contributed by atoms with Gasteiger partial charge in [0.15, 0.2) is 0 Å². The highest BCUT2D eigenvalue weighted by molar-refractivity contribution is 5.91. The van der Waals surface area contributed by atoms with Crippen molar-refractivity contribution in [3.63, 3.8) is 0 Å². The molecule has 0 fully saturated rings. The number of benzene rings is 1. The SMILES string of the molecule is Cc1cc2cc3c(=O)[nH]c(=O)n(C[C@H](O)[C@@H](O)[C@H](O)CO)c3nc2cc1C. The minimum atomic E-state index is -1.67. The molecule has 27 heavy (non-hydrogen) atoms. The van der Waals surface area contributed by atoms with Gasteiger partial charge in [0.25, 0.3) is 5.56 Å². The molecule has 9 nitrogen and oxygen atoms in total. The van der Waals surface area contributed by atoms with Crippen molar-refractivity contribution >= 4 is 21.9 Å². The van der Waals surface area contributed by atoms with Crippen molar-refractivity contribution in [3.05, 3.63) is 50.2 Å². The molecule has 0 amide bonds. The second-order valence-corrected chi connectivity index (χ2v) is 6.67. The summed E-state index contributed by atoms with van der Waals surface area (Å²) in [5, 5.41) is 39.2. The van der Waals surface area contributed by atoms with E-state index in [0.717, 1.165) is 21.1 Å². The molecule has 0 bridgehead atoms. The zero-order valence-corrected chi connectivity index (χ0v) is 14.9. The first-order valence-electron chi connectivity index (χ1n) is 8.42. The maximum Gasteiger partial charge on any atom is 0.330 e. The zero-order valence-electron chi connectivity index (χ0n) is 14.9. The molecule has 0 saturated carbocycles. The van der Waals surface area contributed by atoms with Gasteiger partial charge in [-0.25, -0.2) is 9.78 Å². The van der Waals surface area contributed by atoms with E-state index in [-0.39, 0.29) is 11.0 Å². The Morgan fingerprint density at radius 2 is 1.74 bits per heavy atom. The minimum Gasteiger partial charge on any atom is -0.394 e. The molecule has 5 N–H and O–H groups in total. The molecule has 3 aromatic rings. The molecule has 0 aliphatic rings. The molecule has 0 aliphatic heterocycles. The average Bonchev–Trinajstić information content (AvgIpc) is 2.63. The summed E-state index contributed by atoms with van der Waals surface area (Å²) in [7, 11) is 0. The number of rotatable bonds is 5. The van der Waals surface area contributed by atoms with Crippen molar-refractivity contribution in [2.45, 2.75) is 38.7 Å². The number of nitrogens with zero attached hydrogens (tertiary/aromatic N) is 2. The highest BCUT2D eigenvalue weighted by atomic mass is 16.4. The highest BCUT2D eigenvalue weighted by Crippen LogP contribution is 2.21. The highest BCUT2D eigenvalue weighted by Gasteiger charge is 2.25. The first-order valence-corrected chi connectivity index (χ1v) is 8.42. The second-order valence-electron chi connectivity index (χ2n) is 6.67. The van der Waals surface area contributed by atoms with Gasteiger partial charge in [-0.15, -0.1) is 0 Å². The number of aliphatic hydroxyl groups is 4. The van der Waals surface area contributed by atoms with E-state index >= 15 is 0 Å². The molecule has 0 unspecified atom stereocenters. The van der Waals surface area contributed by atoms with Gasteiger partial charge in [-0.2, -0.15) is 0 Å². The van der Waals surface area contributed by atoms with Gasteiger partial charge in [0.2, 0.25) is 0 Å². The van der Waals surface area contributed by atoms with Crippen LogP contribution in [-0.2, 0) is 6.54 Å². The fourth-order valence-corrected chi connectivity index (χ4v) is 2.96. The molecule has 0 spiro atoms. The van der Waals surface area contributed by atoms with Crippen LogP contribution >= 0.6 is 0 Å². The van der Waals surface area contributed by atoms with Crippen LogP contribution in [0.25, 0.3) is 21.9 Å². The third-order valence-electron chi connectivity index (χ3n) is 4.72. The Bertz CT molecular complexity index is 1120. The number of H-pyrrole nitrogens is 1. The Balaban J connectivity index is 2.20. The minimum absolute atomic E-state index is 0.0595. The number of aryl methyl sites for hydroxylation is 2. The van der Waals surface area contributed by atoms with E-state index in [1.807, 2.05) is 26.0 Å². The number of pyridine rings is 1. The van der Waals surface area contributed by atoms with Crippen LogP contribution in [0.2, 0.25) is 0 Å². The van der Waals surface area contributed by atoms with Crippen molar-refractivity contribution in [1.29, 1.82) is 0 Å². The molecule has 3 atom stereocenters. The summed E-state index contributed by atoms with van der Waals surface area (Å²) in [6, 6.07) is 5.34. The summed E-state index contributed by atoms with van der Waals surface area (Å²) in [4.78, 5) is 31.1. The topological polar surface area (TPSA) is 149 Å². The van der Waals surface area contributed by atoms with Gasteiger partial charge in [-0.3, -0.25) is 14.3 Å². The summed E-state index contributed by atoms with van der Waals surface area (Å²) in [5.41, 5.74) is 1.26. The van der Waals surface area contributed by atoms with Crippen LogP contribution in [-0.4, -0.2) is 59.9 Å². The van der Waals surface area contributed by atoms with E-state index in [9.17, 15) is 24.9 Å². The lowest BCUT2D eigenvalue weighted by atomic mass is 10.1. The first-order chi connectivity index (χ1) is 12.7. The van der Waals surface area contributed by atoms with Crippen LogP contribution in [0.1, 0.15) is 11.1 Å². The Morgan fingerprint density at radius 3 is 2.41 bits per heavy atom. The van der Waals surface area contributed by atoms with Crippen molar-refractivity contribution in [2.24, 2.45) is 0 Å². The van der Waals surface area contributed by atoms with Crippen LogP contribution in [0.5, 0.6) is 0 Å². The number of fused-ring (bicyclic) bond motifs is 2. The normalized spacial score (nSPS) is 15.2. The van der Waals surface area contributed by atoms with E-state index < -0.39 is 42.7 Å². The van der Waals surface area contributed by atoms with Crippen LogP contribution in [0.15, 0.2) is 27.8 Å². The van der Waals surface area contributed by atoms with Gasteiger partial charge >= 0.3 is 5.69 Å². The molecule has 144 valence electrons. The molecule has 0 aliphatic carbocycles. The number of hydrogen-bond acceptors (Lipinski definition) is 7. The van der Waals surface area contributed by atoms with E-state index in [1.165, 1.54) is 0 Å². The van der Waals surface area contributed by atoms with Crippen LogP contribution in [0, 0.1) is 13.8 Å². The van der Waals surface area contributed by atoms with Crippen LogP contribution < -0.4 is 11.2 Å². The summed E-state index contributed by atoms with van der Waals surface area (Å²) in [6.45, 7) is 2.69. The molecule has 9 heteroatoms. The van der Waals surface area contributed by atoms with Gasteiger partial charge in [-0.1, -0.05) is 0 Å². The van der Waals surface area contributed by atoms with E-state index in [4.69, 9.17) is 5.11 Å². The lowest BCUT2D eigenvalue weighted by Crippen LogP contribution is -2.44. The molecule has 0 saturated heterocycles. The smallest absolute Gasteiger partial charge is 0.330 e. The maximum absolute atomic E-state index is 12.3. The summed E-state index contributed by atoms with van der Waals surface area (Å²) in [5.74, 6) is 0. The first kappa shape index (κ1) is 19.2. The summed E-state index contributed by atoms with van der Waals surface area (Å²) >= 11 is 0. The summed E-state index contributed by atoms with van der Waals surface area (Å²) in [6.07, 6.45) is -4.80. The lowest BCUT2D eigenvalue weighted by molar-refractivity contribution is -0.0806. The standard InChI is InChI=1S/C18H21N3O6/c1-8-3-10-5-11-16(19-12(10)4-9(8)2)21(18(27)20-17(11)26)6-13(23)15(25)14(24)7-22/h3-5,13-15,22-25H,6-7H2,1-2H3,(H,20,26,27)/t13-,14+,15+/m0/s1. The number of aliphatic hydroxyl groups excluding tert-OH is 4. The fourth-order valence-electron chi connectivity index (χ4n) is 2.96. The second kappa shape index (κ2) is 7.20. The number of hydrogen-bond donors (Lipinski definition) is 5. The predicted molar refractivity (Wildman–Crippen MR) is 98.7 cm³/mol. The zero-order chi connectivity index (χ0) is 19.9. The van der Waals surface area contributed by atoms with E-state index in [1.54, 1.807) is 6.07 Å². The van der Waals surface area contributed by atoms with E-state index in [2.05, 4.69) is 9.97 Å². The van der Waals surface area contributed by atoms with Crippen molar-refractivity contribution in [1.82, 2.24) is 14.5 Å². The Labute approximate surface area is 153 Å². The fraction of sp³-hybridized carbons (Fsp3) is 0.389. The Hall–Kier alpha value is -2.59. The van der Waals surface area contributed by atoms with Gasteiger partial charge in [0.05, 0.1) is 24.1 Å². The molecule has 0 radical (unpaired) electrons. The largest absolute Gasteiger partial charge is 0.394 e. The van der Waals surface area contributed by atoms with Crippen LogP contribution in [0.3, 0.4) is 0 Å². The third kappa shape index (κ3) is 3.50. The number of aromatic nitrogens is 3. The Kier molecular flexibility index (Phi) is 5.11. The van der Waals surface area contributed by atoms with E-state index in [0.29, 0.717) is 5.52 Å². The maximum atomic E-state index is 12.3. The van der Waals surface area contributed by atoms with Crippen LogP contribution in [0.4, 0.5) is 0 Å². The monoisotopic (exact) mass is 375 g/mol. The molecule has 3 rings (SSSR count). The van der Waals surface area contributed by atoms with Crippen molar-refractivity contribution in [2.75, 3.05) is 6.61 Å². The van der Waals surface area contributed by atoms with Crippen molar-refractivity contribution < 1.29 is 20.4 Å². The molecular formula is C18H21N3O6. The van der Waals surface area contributed by atoms with Gasteiger partial charge < -0.3 is 20.4 Å². The van der Waals surface area contributed by atoms with Gasteiger partial charge in [-0.05, 0) is 43.2 Å². The lowest BCUT2D eigenvalue weighted by Gasteiger charge is -2.22. The predicted octanol–water partition coefficient (Wildman–Crippen LogP) is -1.07. The molecular weight excluding hydrogens is 354 g/mol. The Morgan fingerprint density at radius 1 is 1.07 bits per heavy atom. The average molecular weight is 375 g/mol. The quantitative estimate of drug-likeness (QED) is 0.357. The molecule has 2 heterocycles. The number of nitrogens with one attached hydrogen (secondary N) is 1.